The molecule has 0 unspecified atom stereocenters. The number of benzene rings is 1. The summed E-state index contributed by atoms with van der Waals surface area (Å²) in [5, 5.41) is 0. The molecule has 0 radical (unpaired) electrons. The van der Waals surface area contributed by atoms with E-state index in [0.717, 1.165) is 12.1 Å². The van der Waals surface area contributed by atoms with E-state index in [2.05, 4.69) is 4.74 Å². The van der Waals surface area contributed by atoms with Gasteiger partial charge in [0.05, 0.1) is 13.2 Å². The fourth-order valence-corrected chi connectivity index (χ4v) is 1.59. The zero-order chi connectivity index (χ0) is 11.1. The van der Waals surface area contributed by atoms with Crippen molar-refractivity contribution in [2.24, 2.45) is 0 Å². The first-order valence-electron chi connectivity index (χ1n) is 4.36. The van der Waals surface area contributed by atoms with Gasteiger partial charge in [-0.25, -0.2) is 4.39 Å². The van der Waals surface area contributed by atoms with Gasteiger partial charge in [-0.1, -0.05) is 12.1 Å². The van der Waals surface area contributed by atoms with Crippen LogP contribution in [0.2, 0.25) is 0 Å². The lowest BCUT2D eigenvalue weighted by Gasteiger charge is -2.42. The summed E-state index contributed by atoms with van der Waals surface area (Å²) >= 11 is 0. The first kappa shape index (κ1) is 10.4. The van der Waals surface area contributed by atoms with E-state index in [1.54, 1.807) is 0 Å². The first-order chi connectivity index (χ1) is 6.96. The highest BCUT2D eigenvalue weighted by Crippen LogP contribution is 2.46. The molecule has 1 aliphatic rings. The fourth-order valence-electron chi connectivity index (χ4n) is 1.59. The van der Waals surface area contributed by atoms with E-state index in [9.17, 15) is 17.6 Å². The van der Waals surface area contributed by atoms with Gasteiger partial charge in [0.1, 0.15) is 11.2 Å². The molecule has 1 aliphatic heterocycles. The van der Waals surface area contributed by atoms with Crippen LogP contribution in [-0.4, -0.2) is 19.4 Å². The Kier molecular flexibility index (Phi) is 2.22. The lowest BCUT2D eigenvalue weighted by molar-refractivity contribution is -0.262. The van der Waals surface area contributed by atoms with Crippen LogP contribution in [0.5, 0.6) is 0 Å². The third kappa shape index (κ3) is 1.51. The average molecular weight is 220 g/mol. The molecule has 82 valence electrons. The topological polar surface area (TPSA) is 9.23 Å². The van der Waals surface area contributed by atoms with Crippen LogP contribution in [-0.2, 0) is 10.2 Å². The second-order valence-electron chi connectivity index (χ2n) is 3.58. The minimum Gasteiger partial charge on any atom is -0.379 e. The van der Waals surface area contributed by atoms with Crippen molar-refractivity contribution in [3.8, 4) is 0 Å². The molecule has 1 heterocycles. The van der Waals surface area contributed by atoms with Crippen molar-refractivity contribution < 1.29 is 22.3 Å². The number of hydrogen-bond donors (Lipinski definition) is 0. The summed E-state index contributed by atoms with van der Waals surface area (Å²) in [5.74, 6) is -0.664. The summed E-state index contributed by atoms with van der Waals surface area (Å²) in [6.07, 6.45) is -4.40. The molecule has 0 aliphatic carbocycles. The molecule has 1 aromatic rings. The van der Waals surface area contributed by atoms with Gasteiger partial charge < -0.3 is 4.74 Å². The van der Waals surface area contributed by atoms with Gasteiger partial charge in [-0.15, -0.1) is 0 Å². The predicted octanol–water partition coefficient (Wildman–Crippen LogP) is 2.66. The van der Waals surface area contributed by atoms with Crippen molar-refractivity contribution in [1.82, 2.24) is 0 Å². The Hall–Kier alpha value is -1.10. The molecule has 15 heavy (non-hydrogen) atoms. The van der Waals surface area contributed by atoms with Gasteiger partial charge in [0, 0.05) is 0 Å². The Labute approximate surface area is 83.7 Å². The van der Waals surface area contributed by atoms with Crippen LogP contribution in [0.3, 0.4) is 0 Å². The van der Waals surface area contributed by atoms with Gasteiger partial charge >= 0.3 is 6.18 Å². The summed E-state index contributed by atoms with van der Waals surface area (Å²) in [7, 11) is 0. The highest BCUT2D eigenvalue weighted by molar-refractivity contribution is 5.30. The molecule has 0 bridgehead atoms. The van der Waals surface area contributed by atoms with Gasteiger partial charge in [0.15, 0.2) is 0 Å². The Morgan fingerprint density at radius 3 is 2.27 bits per heavy atom. The minimum absolute atomic E-state index is 0.0683. The number of hydrogen-bond acceptors (Lipinski definition) is 1. The molecular weight excluding hydrogens is 212 g/mol. The summed E-state index contributed by atoms with van der Waals surface area (Å²) in [6, 6.07) is 4.58. The standard InChI is InChI=1S/C10H8F4O/c11-8-3-1-2-7(4-8)9(5-15-6-9)10(12,13)14/h1-4H,5-6H2. The number of alkyl halides is 3. The number of rotatable bonds is 1. The smallest absolute Gasteiger partial charge is 0.379 e. The van der Waals surface area contributed by atoms with Gasteiger partial charge in [0.2, 0.25) is 0 Å². The van der Waals surface area contributed by atoms with E-state index in [4.69, 9.17) is 0 Å². The number of ether oxygens (including phenoxy) is 1. The lowest BCUT2D eigenvalue weighted by atomic mass is 9.78. The highest BCUT2D eigenvalue weighted by atomic mass is 19.4. The Morgan fingerprint density at radius 2 is 1.87 bits per heavy atom. The molecule has 0 aromatic heterocycles. The van der Waals surface area contributed by atoms with Crippen molar-refractivity contribution in [1.29, 1.82) is 0 Å². The third-order valence-electron chi connectivity index (χ3n) is 2.62. The molecule has 0 saturated carbocycles. The second-order valence-corrected chi connectivity index (χ2v) is 3.58. The molecule has 1 fully saturated rings. The highest BCUT2D eigenvalue weighted by Gasteiger charge is 2.61. The molecule has 2 rings (SSSR count). The van der Waals surface area contributed by atoms with E-state index < -0.39 is 30.6 Å². The zero-order valence-corrected chi connectivity index (χ0v) is 7.64. The largest absolute Gasteiger partial charge is 0.402 e. The van der Waals surface area contributed by atoms with Crippen molar-refractivity contribution in [3.05, 3.63) is 35.6 Å². The molecule has 0 amide bonds. The molecular formula is C10H8F4O. The third-order valence-corrected chi connectivity index (χ3v) is 2.62. The normalized spacial score (nSPS) is 19.7. The Morgan fingerprint density at radius 1 is 1.20 bits per heavy atom. The van der Waals surface area contributed by atoms with Gasteiger partial charge in [-0.3, -0.25) is 0 Å². The van der Waals surface area contributed by atoms with Gasteiger partial charge in [-0.05, 0) is 17.7 Å². The zero-order valence-electron chi connectivity index (χ0n) is 7.64. The van der Waals surface area contributed by atoms with Gasteiger partial charge in [0.25, 0.3) is 0 Å². The van der Waals surface area contributed by atoms with Crippen molar-refractivity contribution >= 4 is 0 Å². The molecule has 1 nitrogen and oxygen atoms in total. The minimum atomic E-state index is -4.40. The Bertz CT molecular complexity index is 368. The van der Waals surface area contributed by atoms with Gasteiger partial charge in [-0.2, -0.15) is 13.2 Å². The maximum Gasteiger partial charge on any atom is 0.402 e. The van der Waals surface area contributed by atoms with Crippen molar-refractivity contribution in [3.63, 3.8) is 0 Å². The van der Waals surface area contributed by atoms with Crippen molar-refractivity contribution in [2.45, 2.75) is 11.6 Å². The van der Waals surface area contributed by atoms with E-state index >= 15 is 0 Å². The van der Waals surface area contributed by atoms with E-state index in [0.29, 0.717) is 0 Å². The van der Waals surface area contributed by atoms with E-state index in [-0.39, 0.29) is 5.56 Å². The lowest BCUT2D eigenvalue weighted by Crippen LogP contribution is -2.57. The predicted molar refractivity (Wildman–Crippen MR) is 45.0 cm³/mol. The quantitative estimate of drug-likeness (QED) is 0.661. The van der Waals surface area contributed by atoms with Crippen LogP contribution < -0.4 is 0 Å². The summed E-state index contributed by atoms with van der Waals surface area (Å²) in [6.45, 7) is -0.861. The Balaban J connectivity index is 2.43. The molecule has 5 heteroatoms. The van der Waals surface area contributed by atoms with Crippen LogP contribution in [0.15, 0.2) is 24.3 Å². The van der Waals surface area contributed by atoms with Crippen LogP contribution in [0.4, 0.5) is 17.6 Å². The first-order valence-corrected chi connectivity index (χ1v) is 4.36. The second kappa shape index (κ2) is 3.20. The van der Waals surface area contributed by atoms with Crippen LogP contribution >= 0.6 is 0 Å². The van der Waals surface area contributed by atoms with Crippen molar-refractivity contribution in [2.75, 3.05) is 13.2 Å². The summed E-state index contributed by atoms with van der Waals surface area (Å²) in [5.41, 5.74) is -2.09. The average Bonchev–Trinajstić information content (AvgIpc) is 1.98. The molecule has 1 saturated heterocycles. The van der Waals surface area contributed by atoms with Crippen LogP contribution in [0, 0.1) is 5.82 Å². The molecule has 0 atom stereocenters. The maximum atomic E-state index is 12.8. The van der Waals surface area contributed by atoms with Crippen LogP contribution in [0.1, 0.15) is 5.56 Å². The summed E-state index contributed by atoms with van der Waals surface area (Å²) in [4.78, 5) is 0. The van der Waals surface area contributed by atoms with E-state index in [1.165, 1.54) is 12.1 Å². The van der Waals surface area contributed by atoms with Crippen LogP contribution in [0.25, 0.3) is 0 Å². The number of halogens is 4. The fraction of sp³-hybridized carbons (Fsp3) is 0.400. The molecule has 1 aromatic carbocycles. The molecule has 0 spiro atoms. The SMILES string of the molecule is Fc1cccc(C2(C(F)(F)F)COC2)c1. The summed E-state index contributed by atoms with van der Waals surface area (Å²) < 4.78 is 55.8. The van der Waals surface area contributed by atoms with E-state index in [1.807, 2.05) is 0 Å². The maximum absolute atomic E-state index is 12.8. The molecule has 0 N–H and O–H groups in total. The monoisotopic (exact) mass is 220 g/mol.